The second-order valence-corrected chi connectivity index (χ2v) is 7.52. The molecule has 2 aliphatic heterocycles. The molecular formula is C23H30N2O2. The van der Waals surface area contributed by atoms with Crippen LogP contribution in [0.5, 0.6) is 5.75 Å². The topological polar surface area (TPSA) is 33.7 Å². The fourth-order valence-electron chi connectivity index (χ4n) is 4.28. The van der Waals surface area contributed by atoms with Gasteiger partial charge in [0.2, 0.25) is 0 Å². The Morgan fingerprint density at radius 3 is 2.37 bits per heavy atom. The molecule has 1 N–H and O–H groups in total. The normalized spacial score (nSPS) is 20.3. The van der Waals surface area contributed by atoms with E-state index in [1.807, 2.05) is 18.2 Å². The Bertz CT molecular complexity index is 659. The lowest BCUT2D eigenvalue weighted by atomic mass is 9.85. The van der Waals surface area contributed by atoms with Crippen LogP contribution >= 0.6 is 0 Å². The van der Waals surface area contributed by atoms with Crippen LogP contribution in [0.3, 0.4) is 0 Å². The smallest absolute Gasteiger partial charge is 0.119 e. The van der Waals surface area contributed by atoms with Gasteiger partial charge in [-0.15, -0.1) is 0 Å². The third-order valence-electron chi connectivity index (χ3n) is 5.73. The Hall–Kier alpha value is -1.88. The van der Waals surface area contributed by atoms with E-state index in [0.717, 1.165) is 58.0 Å². The van der Waals surface area contributed by atoms with E-state index in [4.69, 9.17) is 9.47 Å². The van der Waals surface area contributed by atoms with E-state index < -0.39 is 0 Å². The molecule has 1 atom stereocenters. The van der Waals surface area contributed by atoms with Crippen molar-refractivity contribution in [2.45, 2.75) is 25.5 Å². The zero-order chi connectivity index (χ0) is 18.3. The SMILES string of the molecule is c1ccc(COc2ccc([C@@H](C3CCOCC3)N3CCNCC3)cc2)cc1. The second-order valence-electron chi connectivity index (χ2n) is 7.52. The molecule has 2 heterocycles. The molecule has 0 aromatic heterocycles. The third-order valence-corrected chi connectivity index (χ3v) is 5.73. The highest BCUT2D eigenvalue weighted by Crippen LogP contribution is 2.36. The Balaban J connectivity index is 1.46. The van der Waals surface area contributed by atoms with Gasteiger partial charge in [-0.3, -0.25) is 4.90 Å². The van der Waals surface area contributed by atoms with Crippen LogP contribution in [0.25, 0.3) is 0 Å². The molecule has 144 valence electrons. The number of hydrogen-bond acceptors (Lipinski definition) is 4. The van der Waals surface area contributed by atoms with E-state index in [2.05, 4.69) is 46.6 Å². The maximum atomic E-state index is 5.97. The summed E-state index contributed by atoms with van der Waals surface area (Å²) in [5.74, 6) is 1.61. The molecule has 0 unspecified atom stereocenters. The number of benzene rings is 2. The molecule has 2 aliphatic rings. The second kappa shape index (κ2) is 9.36. The van der Waals surface area contributed by atoms with Crippen molar-refractivity contribution >= 4 is 0 Å². The number of nitrogens with one attached hydrogen (secondary N) is 1. The maximum absolute atomic E-state index is 5.97. The van der Waals surface area contributed by atoms with Crippen LogP contribution in [0, 0.1) is 5.92 Å². The molecule has 4 heteroatoms. The van der Waals surface area contributed by atoms with Gasteiger partial charge in [0.05, 0.1) is 0 Å². The summed E-state index contributed by atoms with van der Waals surface area (Å²) in [6, 6.07) is 19.6. The fraction of sp³-hybridized carbons (Fsp3) is 0.478. The number of ether oxygens (including phenoxy) is 2. The number of piperazine rings is 1. The molecule has 0 bridgehead atoms. The number of hydrogen-bond donors (Lipinski definition) is 1. The van der Waals surface area contributed by atoms with Gasteiger partial charge in [-0.25, -0.2) is 0 Å². The first kappa shape index (κ1) is 18.5. The summed E-state index contributed by atoms with van der Waals surface area (Å²) >= 11 is 0. The highest BCUT2D eigenvalue weighted by atomic mass is 16.5. The summed E-state index contributed by atoms with van der Waals surface area (Å²) in [4.78, 5) is 2.66. The molecule has 2 aromatic rings. The Labute approximate surface area is 162 Å². The van der Waals surface area contributed by atoms with Crippen LogP contribution in [0.1, 0.15) is 30.0 Å². The van der Waals surface area contributed by atoms with Crippen LogP contribution in [-0.2, 0) is 11.3 Å². The lowest BCUT2D eigenvalue weighted by Crippen LogP contribution is -2.47. The summed E-state index contributed by atoms with van der Waals surface area (Å²) in [6.07, 6.45) is 2.31. The number of rotatable bonds is 6. The molecule has 2 fully saturated rings. The van der Waals surface area contributed by atoms with E-state index in [-0.39, 0.29) is 0 Å². The van der Waals surface area contributed by atoms with Gasteiger partial charge >= 0.3 is 0 Å². The molecule has 0 aliphatic carbocycles. The first-order chi connectivity index (χ1) is 13.4. The van der Waals surface area contributed by atoms with Crippen LogP contribution in [0.15, 0.2) is 54.6 Å². The number of nitrogens with zero attached hydrogens (tertiary/aromatic N) is 1. The van der Waals surface area contributed by atoms with Crippen molar-refractivity contribution in [3.05, 3.63) is 65.7 Å². The Kier molecular flexibility index (Phi) is 6.40. The summed E-state index contributed by atoms with van der Waals surface area (Å²) in [6.45, 7) is 6.80. The summed E-state index contributed by atoms with van der Waals surface area (Å²) in [5.41, 5.74) is 2.61. The van der Waals surface area contributed by atoms with E-state index >= 15 is 0 Å². The van der Waals surface area contributed by atoms with Crippen molar-refractivity contribution in [1.29, 1.82) is 0 Å². The van der Waals surface area contributed by atoms with Crippen molar-refractivity contribution in [2.75, 3.05) is 39.4 Å². The molecule has 4 nitrogen and oxygen atoms in total. The molecule has 27 heavy (non-hydrogen) atoms. The molecule has 0 spiro atoms. The van der Waals surface area contributed by atoms with Crippen LogP contribution < -0.4 is 10.1 Å². The summed E-state index contributed by atoms with van der Waals surface area (Å²) < 4.78 is 11.6. The minimum absolute atomic E-state index is 0.485. The van der Waals surface area contributed by atoms with E-state index in [0.29, 0.717) is 18.6 Å². The summed E-state index contributed by atoms with van der Waals surface area (Å²) in [7, 11) is 0. The van der Waals surface area contributed by atoms with Crippen molar-refractivity contribution < 1.29 is 9.47 Å². The van der Waals surface area contributed by atoms with Gasteiger partial charge in [0.15, 0.2) is 0 Å². The van der Waals surface area contributed by atoms with Crippen molar-refractivity contribution in [1.82, 2.24) is 10.2 Å². The van der Waals surface area contributed by atoms with Gasteiger partial charge in [0.25, 0.3) is 0 Å². The maximum Gasteiger partial charge on any atom is 0.119 e. The van der Waals surface area contributed by atoms with Crippen molar-refractivity contribution in [3.63, 3.8) is 0 Å². The summed E-state index contributed by atoms with van der Waals surface area (Å²) in [5, 5.41) is 3.48. The molecule has 4 rings (SSSR count). The average Bonchev–Trinajstić information content (AvgIpc) is 2.76. The van der Waals surface area contributed by atoms with E-state index in [1.165, 1.54) is 11.1 Å². The monoisotopic (exact) mass is 366 g/mol. The largest absolute Gasteiger partial charge is 0.489 e. The Morgan fingerprint density at radius 1 is 0.963 bits per heavy atom. The van der Waals surface area contributed by atoms with Gasteiger partial charge < -0.3 is 14.8 Å². The highest BCUT2D eigenvalue weighted by Gasteiger charge is 2.31. The van der Waals surface area contributed by atoms with Gasteiger partial charge in [-0.1, -0.05) is 42.5 Å². The molecule has 2 aromatic carbocycles. The van der Waals surface area contributed by atoms with E-state index in [1.54, 1.807) is 0 Å². The van der Waals surface area contributed by atoms with Crippen LogP contribution in [0.2, 0.25) is 0 Å². The predicted octanol–water partition coefficient (Wildman–Crippen LogP) is 3.64. The molecule has 2 saturated heterocycles. The van der Waals surface area contributed by atoms with Crippen LogP contribution in [0.4, 0.5) is 0 Å². The van der Waals surface area contributed by atoms with Gasteiger partial charge in [0, 0.05) is 45.4 Å². The molecular weight excluding hydrogens is 336 g/mol. The highest BCUT2D eigenvalue weighted by molar-refractivity contribution is 5.30. The molecule has 0 saturated carbocycles. The molecule has 0 radical (unpaired) electrons. The van der Waals surface area contributed by atoms with Gasteiger partial charge in [-0.2, -0.15) is 0 Å². The lowest BCUT2D eigenvalue weighted by molar-refractivity contribution is 0.0213. The zero-order valence-electron chi connectivity index (χ0n) is 16.0. The average molecular weight is 367 g/mol. The van der Waals surface area contributed by atoms with Crippen molar-refractivity contribution in [2.24, 2.45) is 5.92 Å². The first-order valence-electron chi connectivity index (χ1n) is 10.2. The predicted molar refractivity (Wildman–Crippen MR) is 108 cm³/mol. The molecule has 0 amide bonds. The van der Waals surface area contributed by atoms with E-state index in [9.17, 15) is 0 Å². The fourth-order valence-corrected chi connectivity index (χ4v) is 4.28. The first-order valence-corrected chi connectivity index (χ1v) is 10.2. The van der Waals surface area contributed by atoms with Gasteiger partial charge in [0.1, 0.15) is 12.4 Å². The minimum atomic E-state index is 0.485. The zero-order valence-corrected chi connectivity index (χ0v) is 16.0. The quantitative estimate of drug-likeness (QED) is 0.846. The minimum Gasteiger partial charge on any atom is -0.489 e. The Morgan fingerprint density at radius 2 is 1.67 bits per heavy atom. The van der Waals surface area contributed by atoms with Gasteiger partial charge in [-0.05, 0) is 42.0 Å². The van der Waals surface area contributed by atoms with Crippen LogP contribution in [-0.4, -0.2) is 44.3 Å². The van der Waals surface area contributed by atoms with Crippen molar-refractivity contribution in [3.8, 4) is 5.75 Å². The lowest BCUT2D eigenvalue weighted by Gasteiger charge is -2.41. The standard InChI is InChI=1S/C23H30N2O2/c1-2-4-19(5-3-1)18-27-22-8-6-20(7-9-22)23(21-10-16-26-17-11-21)25-14-12-24-13-15-25/h1-9,21,23-24H,10-18H2/t23-/m0/s1. The third kappa shape index (κ3) is 4.89.